The predicted octanol–water partition coefficient (Wildman–Crippen LogP) is 3.51. The van der Waals surface area contributed by atoms with Gasteiger partial charge in [0.05, 0.1) is 25.3 Å². The number of carbonyl (C=O) groups is 1. The average molecular weight is 379 g/mol. The van der Waals surface area contributed by atoms with Crippen molar-refractivity contribution in [3.8, 4) is 0 Å². The van der Waals surface area contributed by atoms with Crippen molar-refractivity contribution in [3.05, 3.63) is 40.7 Å². The van der Waals surface area contributed by atoms with Gasteiger partial charge in [0.2, 0.25) is 0 Å². The molecular formula is C19H23F2N3O3. The van der Waals surface area contributed by atoms with Crippen LogP contribution in [0.15, 0.2) is 12.1 Å². The molecule has 2 aliphatic heterocycles. The SMILES string of the molecule is [C-]#[N+]c1c(F)ccc([C@@H]2CN3CCN(C(=O)OC(C)(C)C)C[C@@H]3CO2)c1F. The molecule has 0 saturated carbocycles. The Bertz CT molecular complexity index is 773. The molecule has 2 saturated heterocycles. The molecule has 6 nitrogen and oxygen atoms in total. The lowest BCUT2D eigenvalue weighted by molar-refractivity contribution is -0.0915. The largest absolute Gasteiger partial charge is 0.444 e. The van der Waals surface area contributed by atoms with Gasteiger partial charge in [0.25, 0.3) is 5.69 Å². The van der Waals surface area contributed by atoms with Crippen LogP contribution in [-0.4, -0.2) is 60.3 Å². The fourth-order valence-electron chi connectivity index (χ4n) is 3.37. The summed E-state index contributed by atoms with van der Waals surface area (Å²) in [6.07, 6.45) is -0.925. The van der Waals surface area contributed by atoms with Crippen LogP contribution < -0.4 is 0 Å². The molecule has 0 N–H and O–H groups in total. The molecule has 1 aromatic rings. The van der Waals surface area contributed by atoms with Gasteiger partial charge in [-0.2, -0.15) is 0 Å². The van der Waals surface area contributed by atoms with Gasteiger partial charge in [-0.1, -0.05) is 6.07 Å². The lowest BCUT2D eigenvalue weighted by Gasteiger charge is -2.46. The summed E-state index contributed by atoms with van der Waals surface area (Å²) < 4.78 is 39.2. The van der Waals surface area contributed by atoms with Crippen LogP contribution in [0.4, 0.5) is 19.3 Å². The third-order valence-electron chi connectivity index (χ3n) is 4.70. The summed E-state index contributed by atoms with van der Waals surface area (Å²) in [6.45, 7) is 14.8. The van der Waals surface area contributed by atoms with Gasteiger partial charge in [0.1, 0.15) is 17.2 Å². The van der Waals surface area contributed by atoms with E-state index in [9.17, 15) is 13.6 Å². The van der Waals surface area contributed by atoms with Crippen molar-refractivity contribution in [2.75, 3.05) is 32.8 Å². The summed E-state index contributed by atoms with van der Waals surface area (Å²) in [5, 5.41) is 0. The van der Waals surface area contributed by atoms with E-state index in [4.69, 9.17) is 16.0 Å². The van der Waals surface area contributed by atoms with Crippen molar-refractivity contribution < 1.29 is 23.0 Å². The number of nitrogens with zero attached hydrogens (tertiary/aromatic N) is 3. The third-order valence-corrected chi connectivity index (χ3v) is 4.70. The zero-order chi connectivity index (χ0) is 19.8. The van der Waals surface area contributed by atoms with Gasteiger partial charge in [-0.25, -0.2) is 18.4 Å². The fourth-order valence-corrected chi connectivity index (χ4v) is 3.37. The second-order valence-electron chi connectivity index (χ2n) is 7.81. The zero-order valence-electron chi connectivity index (χ0n) is 15.7. The minimum Gasteiger partial charge on any atom is -0.444 e. The standard InChI is InChI=1S/C19H23F2N3O3/c1-19(2,3)27-18(25)24-8-7-23-10-15(26-11-12(23)9-24)13-5-6-14(20)17(22-4)16(13)21/h5-6,12,15H,7-11H2,1-3H3/t12-,15+/m1/s1. The smallest absolute Gasteiger partial charge is 0.410 e. The maximum atomic E-state index is 14.4. The molecule has 27 heavy (non-hydrogen) atoms. The van der Waals surface area contributed by atoms with E-state index < -0.39 is 29.0 Å². The number of rotatable bonds is 1. The van der Waals surface area contributed by atoms with Gasteiger partial charge in [0.15, 0.2) is 0 Å². The number of halogens is 2. The molecule has 0 aromatic heterocycles. The summed E-state index contributed by atoms with van der Waals surface area (Å²) in [5.74, 6) is -1.73. The minimum absolute atomic E-state index is 0.00800. The first-order valence-corrected chi connectivity index (χ1v) is 8.88. The van der Waals surface area contributed by atoms with Crippen molar-refractivity contribution in [1.82, 2.24) is 9.80 Å². The third kappa shape index (κ3) is 4.20. The number of benzene rings is 1. The van der Waals surface area contributed by atoms with Gasteiger partial charge >= 0.3 is 6.09 Å². The van der Waals surface area contributed by atoms with Gasteiger partial charge in [-0.3, -0.25) is 4.90 Å². The zero-order valence-corrected chi connectivity index (χ0v) is 15.7. The number of ether oxygens (including phenoxy) is 2. The molecular weight excluding hydrogens is 356 g/mol. The Morgan fingerprint density at radius 2 is 2.04 bits per heavy atom. The van der Waals surface area contributed by atoms with Gasteiger partial charge in [-0.15, -0.1) is 0 Å². The first-order valence-electron chi connectivity index (χ1n) is 8.88. The molecule has 0 spiro atoms. The molecule has 2 fully saturated rings. The van der Waals surface area contributed by atoms with Crippen molar-refractivity contribution in [3.63, 3.8) is 0 Å². The van der Waals surface area contributed by atoms with Crippen LogP contribution in [0.2, 0.25) is 0 Å². The summed E-state index contributed by atoms with van der Waals surface area (Å²) in [4.78, 5) is 19.0. The number of carbonyl (C=O) groups excluding carboxylic acids is 1. The number of hydrogen-bond acceptors (Lipinski definition) is 4. The van der Waals surface area contributed by atoms with Crippen LogP contribution >= 0.6 is 0 Å². The number of morpholine rings is 1. The van der Waals surface area contributed by atoms with Crippen molar-refractivity contribution in [2.45, 2.75) is 38.5 Å². The Labute approximate surface area is 157 Å². The van der Waals surface area contributed by atoms with Gasteiger partial charge in [0, 0.05) is 31.7 Å². The normalized spacial score (nSPS) is 23.5. The van der Waals surface area contributed by atoms with Crippen LogP contribution in [0.5, 0.6) is 0 Å². The first-order chi connectivity index (χ1) is 12.7. The maximum absolute atomic E-state index is 14.4. The number of amides is 1. The number of hydrogen-bond donors (Lipinski definition) is 0. The van der Waals surface area contributed by atoms with Crippen LogP contribution in [-0.2, 0) is 9.47 Å². The highest BCUT2D eigenvalue weighted by atomic mass is 19.1. The highest BCUT2D eigenvalue weighted by molar-refractivity contribution is 5.68. The van der Waals surface area contributed by atoms with E-state index in [1.165, 1.54) is 6.07 Å². The van der Waals surface area contributed by atoms with E-state index in [-0.39, 0.29) is 17.7 Å². The van der Waals surface area contributed by atoms with Crippen LogP contribution in [0.3, 0.4) is 0 Å². The summed E-state index contributed by atoms with van der Waals surface area (Å²) >= 11 is 0. The maximum Gasteiger partial charge on any atom is 0.410 e. The number of fused-ring (bicyclic) bond motifs is 1. The van der Waals surface area contributed by atoms with Crippen LogP contribution in [0.25, 0.3) is 4.85 Å². The predicted molar refractivity (Wildman–Crippen MR) is 94.5 cm³/mol. The molecule has 0 radical (unpaired) electrons. The van der Waals surface area contributed by atoms with E-state index in [1.54, 1.807) is 4.90 Å². The summed E-state index contributed by atoms with van der Waals surface area (Å²) in [7, 11) is 0. The molecule has 0 aliphatic carbocycles. The highest BCUT2D eigenvalue weighted by Crippen LogP contribution is 2.33. The highest BCUT2D eigenvalue weighted by Gasteiger charge is 2.37. The van der Waals surface area contributed by atoms with E-state index in [1.807, 2.05) is 20.8 Å². The van der Waals surface area contributed by atoms with Crippen LogP contribution in [0.1, 0.15) is 32.4 Å². The molecule has 3 rings (SSSR count). The molecule has 8 heteroatoms. The molecule has 0 unspecified atom stereocenters. The Hall–Kier alpha value is -2.24. The van der Waals surface area contributed by atoms with E-state index in [2.05, 4.69) is 9.74 Å². The van der Waals surface area contributed by atoms with E-state index in [0.29, 0.717) is 32.8 Å². The Morgan fingerprint density at radius 3 is 2.70 bits per heavy atom. The van der Waals surface area contributed by atoms with Crippen LogP contribution in [0, 0.1) is 18.2 Å². The molecule has 0 bridgehead atoms. The second-order valence-corrected chi connectivity index (χ2v) is 7.81. The Morgan fingerprint density at radius 1 is 1.30 bits per heavy atom. The van der Waals surface area contributed by atoms with E-state index in [0.717, 1.165) is 6.07 Å². The quantitative estimate of drug-likeness (QED) is 0.701. The topological polar surface area (TPSA) is 46.4 Å². The molecule has 2 aliphatic rings. The molecule has 2 heterocycles. The molecule has 1 aromatic carbocycles. The number of piperazine rings is 1. The molecule has 2 atom stereocenters. The van der Waals surface area contributed by atoms with Crippen molar-refractivity contribution >= 4 is 11.8 Å². The lowest BCUT2D eigenvalue weighted by atomic mass is 10.0. The second kappa shape index (κ2) is 7.41. The average Bonchev–Trinajstić information content (AvgIpc) is 2.60. The lowest BCUT2D eigenvalue weighted by Crippen LogP contribution is -2.60. The van der Waals surface area contributed by atoms with Crippen molar-refractivity contribution in [2.24, 2.45) is 0 Å². The van der Waals surface area contributed by atoms with E-state index >= 15 is 0 Å². The fraction of sp³-hybridized carbons (Fsp3) is 0.579. The summed E-state index contributed by atoms with van der Waals surface area (Å²) in [6, 6.07) is 2.43. The monoisotopic (exact) mass is 379 g/mol. The Kier molecular flexibility index (Phi) is 5.36. The minimum atomic E-state index is -0.870. The van der Waals surface area contributed by atoms with Gasteiger partial charge < -0.3 is 14.4 Å². The Balaban J connectivity index is 1.67. The summed E-state index contributed by atoms with van der Waals surface area (Å²) in [5.41, 5.74) is -0.966. The molecule has 1 amide bonds. The molecule has 146 valence electrons. The van der Waals surface area contributed by atoms with Crippen molar-refractivity contribution in [1.29, 1.82) is 0 Å². The first kappa shape index (κ1) is 19.5. The van der Waals surface area contributed by atoms with Gasteiger partial charge in [-0.05, 0) is 26.8 Å².